The second-order valence-corrected chi connectivity index (χ2v) is 6.26. The number of nitrogens with two attached hydrogens (primary N) is 1. The van der Waals surface area contributed by atoms with Gasteiger partial charge < -0.3 is 10.6 Å². The summed E-state index contributed by atoms with van der Waals surface area (Å²) < 4.78 is 40.0. The molecule has 134 valence electrons. The Morgan fingerprint density at radius 1 is 1.36 bits per heavy atom. The average molecular weight is 352 g/mol. The third-order valence-electron chi connectivity index (χ3n) is 4.40. The van der Waals surface area contributed by atoms with Crippen LogP contribution in [0.3, 0.4) is 0 Å². The number of likely N-dealkylation sites (tertiary alicyclic amines) is 1. The van der Waals surface area contributed by atoms with E-state index in [1.807, 2.05) is 0 Å². The number of piperidine rings is 1. The van der Waals surface area contributed by atoms with Gasteiger partial charge in [-0.1, -0.05) is 6.07 Å². The Morgan fingerprint density at radius 2 is 2.12 bits per heavy atom. The number of carbonyl (C=O) groups is 1. The van der Waals surface area contributed by atoms with Gasteiger partial charge in [-0.3, -0.25) is 4.79 Å². The molecule has 1 fully saturated rings. The minimum atomic E-state index is -4.43. The van der Waals surface area contributed by atoms with Gasteiger partial charge in [0, 0.05) is 19.1 Å². The zero-order valence-electron chi connectivity index (χ0n) is 13.8. The molecule has 1 saturated heterocycles. The van der Waals surface area contributed by atoms with E-state index >= 15 is 0 Å². The highest BCUT2D eigenvalue weighted by atomic mass is 19.4. The minimum absolute atomic E-state index is 0.0449. The Balaban J connectivity index is 1.90. The van der Waals surface area contributed by atoms with Crippen LogP contribution in [0, 0.1) is 6.92 Å². The molecule has 1 unspecified atom stereocenters. The number of amides is 1. The summed E-state index contributed by atoms with van der Waals surface area (Å²) in [4.78, 5) is 14.3. The molecular weight excluding hydrogens is 333 g/mol. The number of alkyl halides is 3. The van der Waals surface area contributed by atoms with Gasteiger partial charge >= 0.3 is 6.18 Å². The fraction of sp³-hybridized carbons (Fsp3) is 0.412. The molecule has 2 heterocycles. The van der Waals surface area contributed by atoms with Crippen molar-refractivity contribution in [3.05, 3.63) is 47.3 Å². The molecule has 0 aliphatic carbocycles. The Bertz CT molecular complexity index is 784. The Morgan fingerprint density at radius 3 is 2.80 bits per heavy atom. The average Bonchev–Trinajstić information content (AvgIpc) is 2.95. The zero-order valence-corrected chi connectivity index (χ0v) is 13.8. The number of hydrogen-bond acceptors (Lipinski definition) is 3. The van der Waals surface area contributed by atoms with Gasteiger partial charge in [-0.2, -0.15) is 18.3 Å². The van der Waals surface area contributed by atoms with Crippen molar-refractivity contribution in [2.45, 2.75) is 32.0 Å². The van der Waals surface area contributed by atoms with Crippen molar-refractivity contribution in [3.63, 3.8) is 0 Å². The molecule has 0 saturated carbocycles. The molecular formula is C17H19F3N4O. The van der Waals surface area contributed by atoms with E-state index in [0.717, 1.165) is 25.0 Å². The van der Waals surface area contributed by atoms with E-state index in [4.69, 9.17) is 5.73 Å². The van der Waals surface area contributed by atoms with Crippen LogP contribution in [0.5, 0.6) is 0 Å². The molecule has 1 aliphatic heterocycles. The zero-order chi connectivity index (χ0) is 18.2. The van der Waals surface area contributed by atoms with Gasteiger partial charge in [0.1, 0.15) is 0 Å². The number of benzene rings is 1. The van der Waals surface area contributed by atoms with Crippen molar-refractivity contribution in [2.24, 2.45) is 5.73 Å². The fourth-order valence-corrected chi connectivity index (χ4v) is 3.06. The topological polar surface area (TPSA) is 64.2 Å². The van der Waals surface area contributed by atoms with Crippen molar-refractivity contribution in [3.8, 4) is 5.69 Å². The van der Waals surface area contributed by atoms with Gasteiger partial charge in [0.15, 0.2) is 0 Å². The Labute approximate surface area is 143 Å². The normalized spacial score (nSPS) is 18.4. The number of halogens is 3. The molecule has 0 radical (unpaired) electrons. The summed E-state index contributed by atoms with van der Waals surface area (Å²) in [6, 6.07) is 4.83. The monoisotopic (exact) mass is 352 g/mol. The van der Waals surface area contributed by atoms with Gasteiger partial charge in [0.05, 0.1) is 28.7 Å². The maximum absolute atomic E-state index is 12.9. The Hall–Kier alpha value is -2.35. The van der Waals surface area contributed by atoms with Crippen molar-refractivity contribution < 1.29 is 18.0 Å². The van der Waals surface area contributed by atoms with Crippen molar-refractivity contribution in [1.82, 2.24) is 14.7 Å². The van der Waals surface area contributed by atoms with Crippen molar-refractivity contribution >= 4 is 5.91 Å². The van der Waals surface area contributed by atoms with Crippen LogP contribution in [-0.4, -0.2) is 39.7 Å². The van der Waals surface area contributed by atoms with Crippen LogP contribution in [0.15, 0.2) is 30.5 Å². The first-order valence-electron chi connectivity index (χ1n) is 8.04. The van der Waals surface area contributed by atoms with Crippen LogP contribution < -0.4 is 5.73 Å². The molecule has 0 spiro atoms. The van der Waals surface area contributed by atoms with E-state index in [9.17, 15) is 18.0 Å². The molecule has 3 rings (SSSR count). The summed E-state index contributed by atoms with van der Waals surface area (Å²) in [7, 11) is 0. The molecule has 8 heteroatoms. The first-order chi connectivity index (χ1) is 11.8. The van der Waals surface area contributed by atoms with Crippen LogP contribution in [0.25, 0.3) is 5.69 Å². The SMILES string of the molecule is Cc1c(C(=O)N2CCCC(N)C2)cnn1-c1cccc(C(F)(F)F)c1. The highest BCUT2D eigenvalue weighted by molar-refractivity contribution is 5.95. The van der Waals surface area contributed by atoms with E-state index in [0.29, 0.717) is 24.3 Å². The molecule has 5 nitrogen and oxygen atoms in total. The maximum atomic E-state index is 12.9. The van der Waals surface area contributed by atoms with E-state index in [1.165, 1.54) is 23.0 Å². The first kappa shape index (κ1) is 17.5. The van der Waals surface area contributed by atoms with Crippen LogP contribution in [0.2, 0.25) is 0 Å². The van der Waals surface area contributed by atoms with Gasteiger partial charge in [-0.05, 0) is 38.0 Å². The van der Waals surface area contributed by atoms with Crippen LogP contribution in [-0.2, 0) is 6.18 Å². The lowest BCUT2D eigenvalue weighted by molar-refractivity contribution is -0.137. The van der Waals surface area contributed by atoms with Gasteiger partial charge in [0.2, 0.25) is 0 Å². The van der Waals surface area contributed by atoms with Gasteiger partial charge in [-0.15, -0.1) is 0 Å². The second kappa shape index (κ2) is 6.51. The number of rotatable bonds is 2. The van der Waals surface area contributed by atoms with Gasteiger partial charge in [0.25, 0.3) is 5.91 Å². The third kappa shape index (κ3) is 3.53. The molecule has 1 amide bonds. The predicted molar refractivity (Wildman–Crippen MR) is 86.4 cm³/mol. The fourth-order valence-electron chi connectivity index (χ4n) is 3.06. The van der Waals surface area contributed by atoms with Gasteiger partial charge in [-0.25, -0.2) is 4.68 Å². The minimum Gasteiger partial charge on any atom is -0.337 e. The summed E-state index contributed by atoms with van der Waals surface area (Å²) >= 11 is 0. The first-order valence-corrected chi connectivity index (χ1v) is 8.04. The van der Waals surface area contributed by atoms with E-state index in [1.54, 1.807) is 11.8 Å². The number of carbonyl (C=O) groups excluding carboxylic acids is 1. The largest absolute Gasteiger partial charge is 0.416 e. The summed E-state index contributed by atoms with van der Waals surface area (Å²) in [5, 5.41) is 4.11. The molecule has 1 atom stereocenters. The maximum Gasteiger partial charge on any atom is 0.416 e. The van der Waals surface area contributed by atoms with E-state index in [-0.39, 0.29) is 17.6 Å². The standard InChI is InChI=1S/C17H19F3N4O/c1-11-15(16(25)23-7-3-5-13(21)10-23)9-22-24(11)14-6-2-4-12(8-14)17(18,19)20/h2,4,6,8-9,13H,3,5,7,10,21H2,1H3. The molecule has 1 aromatic carbocycles. The number of aromatic nitrogens is 2. The van der Waals surface area contributed by atoms with E-state index < -0.39 is 11.7 Å². The summed E-state index contributed by atoms with van der Waals surface area (Å²) in [6.07, 6.45) is -1.31. The van der Waals surface area contributed by atoms with Crippen molar-refractivity contribution in [1.29, 1.82) is 0 Å². The number of hydrogen-bond donors (Lipinski definition) is 1. The molecule has 1 aliphatic rings. The lowest BCUT2D eigenvalue weighted by Crippen LogP contribution is -2.45. The molecule has 1 aromatic heterocycles. The van der Waals surface area contributed by atoms with Crippen LogP contribution >= 0.6 is 0 Å². The second-order valence-electron chi connectivity index (χ2n) is 6.26. The summed E-state index contributed by atoms with van der Waals surface area (Å²) in [5.41, 5.74) is 6.31. The predicted octanol–water partition coefficient (Wildman–Crippen LogP) is 2.76. The highest BCUT2D eigenvalue weighted by Gasteiger charge is 2.31. The van der Waals surface area contributed by atoms with Crippen LogP contribution in [0.1, 0.15) is 34.5 Å². The molecule has 0 bridgehead atoms. The summed E-state index contributed by atoms with van der Waals surface area (Å²) in [5.74, 6) is -0.189. The molecule has 2 N–H and O–H groups in total. The Kier molecular flexibility index (Phi) is 4.55. The number of nitrogens with zero attached hydrogens (tertiary/aromatic N) is 3. The quantitative estimate of drug-likeness (QED) is 0.904. The third-order valence-corrected chi connectivity index (χ3v) is 4.40. The smallest absolute Gasteiger partial charge is 0.337 e. The van der Waals surface area contributed by atoms with E-state index in [2.05, 4.69) is 5.10 Å². The summed E-state index contributed by atoms with van der Waals surface area (Å²) in [6.45, 7) is 2.78. The van der Waals surface area contributed by atoms with Crippen molar-refractivity contribution in [2.75, 3.05) is 13.1 Å². The lowest BCUT2D eigenvalue weighted by atomic mass is 10.1. The highest BCUT2D eigenvalue weighted by Crippen LogP contribution is 2.30. The molecule has 25 heavy (non-hydrogen) atoms. The molecule has 2 aromatic rings. The lowest BCUT2D eigenvalue weighted by Gasteiger charge is -2.30. The van der Waals surface area contributed by atoms with Crippen LogP contribution in [0.4, 0.5) is 13.2 Å².